The molecule has 0 radical (unpaired) electrons. The minimum absolute atomic E-state index is 0.165. The highest BCUT2D eigenvalue weighted by molar-refractivity contribution is 8.01. The molecule has 2 aromatic heterocycles. The van der Waals surface area contributed by atoms with Crippen LogP contribution in [0.2, 0.25) is 0 Å². The molecule has 200 valence electrons. The van der Waals surface area contributed by atoms with Crippen molar-refractivity contribution in [2.75, 3.05) is 51.5 Å². The molecule has 0 spiro atoms. The molecule has 1 fully saturated rings. The number of nitrogens with one attached hydrogen (secondary N) is 1. The number of fused-ring (bicyclic) bond motifs is 1. The third-order valence-electron chi connectivity index (χ3n) is 7.31. The molecule has 1 atom stereocenters. The highest BCUT2D eigenvalue weighted by Gasteiger charge is 2.41. The first-order chi connectivity index (χ1) is 17.9. The maximum absolute atomic E-state index is 16.1. The Morgan fingerprint density at radius 2 is 2.14 bits per heavy atom. The number of carbonyl (C=O) groups is 1. The van der Waals surface area contributed by atoms with E-state index in [0.717, 1.165) is 25.4 Å². The van der Waals surface area contributed by atoms with E-state index in [1.807, 2.05) is 54.4 Å². The summed E-state index contributed by atoms with van der Waals surface area (Å²) >= 11 is 3.58. The fourth-order valence-electron chi connectivity index (χ4n) is 5.08. The molecule has 3 heterocycles. The number of thioether (sulfide) groups is 1. The summed E-state index contributed by atoms with van der Waals surface area (Å²) < 4.78 is 22.8. The Balaban J connectivity index is 1.47. The fraction of sp³-hybridized carbons (Fsp3) is 0.481. The van der Waals surface area contributed by atoms with Gasteiger partial charge in [0.1, 0.15) is 11.9 Å². The summed E-state index contributed by atoms with van der Waals surface area (Å²) in [5.41, 5.74) is 3.02. The third-order valence-corrected chi connectivity index (χ3v) is 9.42. The standard InChI is InChI=1S/C27H35FN4O3S2/c1-31(2)23-18-29-22-7-6-19(35-3)17-20(22)25(23)21(28)8-9-27(26(33)30-34)10-12-32(13-11-27)14-16-37-24-5-4-15-36-24/h4-7,15,17-18,21,34H,8-14,16H2,1-3H3,(H,30,33). The van der Waals surface area contributed by atoms with E-state index in [1.54, 1.807) is 24.6 Å². The number of halogens is 1. The van der Waals surface area contributed by atoms with Gasteiger partial charge in [0.2, 0.25) is 5.91 Å². The molecule has 3 aromatic rings. The first kappa shape index (κ1) is 27.6. The van der Waals surface area contributed by atoms with E-state index < -0.39 is 17.5 Å². The molecule has 0 bridgehead atoms. The lowest BCUT2D eigenvalue weighted by atomic mass is 9.73. The zero-order chi connectivity index (χ0) is 26.4. The van der Waals surface area contributed by atoms with E-state index in [1.165, 1.54) is 4.21 Å². The fourth-order valence-corrected chi connectivity index (χ4v) is 6.94. The number of benzene rings is 1. The molecule has 0 saturated carbocycles. The molecule has 0 aliphatic carbocycles. The smallest absolute Gasteiger partial charge is 0.249 e. The molecule has 1 unspecified atom stereocenters. The molecule has 7 nitrogen and oxygen atoms in total. The first-order valence-electron chi connectivity index (χ1n) is 12.5. The number of hydroxylamine groups is 1. The van der Waals surface area contributed by atoms with Crippen LogP contribution in [-0.4, -0.2) is 67.6 Å². The molecule has 1 aliphatic rings. The van der Waals surface area contributed by atoms with Gasteiger partial charge in [-0.2, -0.15) is 0 Å². The van der Waals surface area contributed by atoms with Crippen LogP contribution in [0.15, 0.2) is 46.1 Å². The number of likely N-dealkylation sites (tertiary alicyclic amines) is 1. The Kier molecular flexibility index (Phi) is 9.28. The second kappa shape index (κ2) is 12.4. The van der Waals surface area contributed by atoms with E-state index in [-0.39, 0.29) is 6.42 Å². The molecule has 1 amide bonds. The normalized spacial score (nSPS) is 16.5. The minimum atomic E-state index is -1.31. The Hall–Kier alpha value is -2.40. The summed E-state index contributed by atoms with van der Waals surface area (Å²) in [6.45, 7) is 2.42. The van der Waals surface area contributed by atoms with Gasteiger partial charge in [-0.15, -0.1) is 23.1 Å². The number of methoxy groups -OCH3 is 1. The number of thiophene rings is 1. The number of ether oxygens (including phenoxy) is 1. The topological polar surface area (TPSA) is 77.9 Å². The van der Waals surface area contributed by atoms with Gasteiger partial charge in [0.25, 0.3) is 0 Å². The third kappa shape index (κ3) is 6.37. The summed E-state index contributed by atoms with van der Waals surface area (Å²) in [5.74, 6) is 1.21. The second-order valence-corrected chi connectivity index (χ2v) is 12.0. The number of hydrogen-bond acceptors (Lipinski definition) is 8. The molecule has 1 aliphatic heterocycles. The van der Waals surface area contributed by atoms with Crippen LogP contribution in [0.1, 0.15) is 37.4 Å². The van der Waals surface area contributed by atoms with Crippen molar-refractivity contribution in [1.29, 1.82) is 0 Å². The van der Waals surface area contributed by atoms with Crippen LogP contribution < -0.4 is 15.1 Å². The maximum Gasteiger partial charge on any atom is 0.249 e. The number of piperidine rings is 1. The van der Waals surface area contributed by atoms with Crippen LogP contribution in [0.5, 0.6) is 5.75 Å². The van der Waals surface area contributed by atoms with Crippen LogP contribution in [0, 0.1) is 5.41 Å². The van der Waals surface area contributed by atoms with Crippen molar-refractivity contribution < 1.29 is 19.1 Å². The van der Waals surface area contributed by atoms with Gasteiger partial charge in [-0.25, -0.2) is 9.87 Å². The van der Waals surface area contributed by atoms with E-state index in [4.69, 9.17) is 4.74 Å². The lowest BCUT2D eigenvalue weighted by Gasteiger charge is -2.40. The molecule has 1 saturated heterocycles. The monoisotopic (exact) mass is 546 g/mol. The molecular weight excluding hydrogens is 511 g/mol. The van der Waals surface area contributed by atoms with Crippen molar-refractivity contribution in [3.63, 3.8) is 0 Å². The summed E-state index contributed by atoms with van der Waals surface area (Å²) in [6.07, 6.45) is 2.07. The van der Waals surface area contributed by atoms with Gasteiger partial charge < -0.3 is 14.5 Å². The zero-order valence-electron chi connectivity index (χ0n) is 21.6. The summed E-state index contributed by atoms with van der Waals surface area (Å²) in [6, 6.07) is 9.64. The van der Waals surface area contributed by atoms with E-state index in [9.17, 15) is 10.0 Å². The van der Waals surface area contributed by atoms with Crippen molar-refractivity contribution in [3.8, 4) is 5.75 Å². The number of amides is 1. The highest BCUT2D eigenvalue weighted by Crippen LogP contribution is 2.43. The van der Waals surface area contributed by atoms with Gasteiger partial charge in [0.15, 0.2) is 0 Å². The predicted molar refractivity (Wildman–Crippen MR) is 149 cm³/mol. The lowest BCUT2D eigenvalue weighted by Crippen LogP contribution is -2.48. The van der Waals surface area contributed by atoms with Crippen LogP contribution in [0.3, 0.4) is 0 Å². The molecule has 1 aromatic carbocycles. The highest BCUT2D eigenvalue weighted by atomic mass is 32.2. The Labute approximate surface area is 226 Å². The van der Waals surface area contributed by atoms with Crippen molar-refractivity contribution in [2.24, 2.45) is 5.41 Å². The first-order valence-corrected chi connectivity index (χ1v) is 14.3. The van der Waals surface area contributed by atoms with Gasteiger partial charge in [-0.3, -0.25) is 15.0 Å². The number of anilines is 1. The van der Waals surface area contributed by atoms with Crippen LogP contribution >= 0.6 is 23.1 Å². The Bertz CT molecular complexity index is 1180. The van der Waals surface area contributed by atoms with Gasteiger partial charge in [-0.1, -0.05) is 6.07 Å². The van der Waals surface area contributed by atoms with Gasteiger partial charge in [-0.05, 0) is 68.4 Å². The van der Waals surface area contributed by atoms with Crippen LogP contribution in [-0.2, 0) is 4.79 Å². The van der Waals surface area contributed by atoms with Crippen LogP contribution in [0.25, 0.3) is 10.9 Å². The van der Waals surface area contributed by atoms with E-state index in [0.29, 0.717) is 47.2 Å². The van der Waals surface area contributed by atoms with Crippen molar-refractivity contribution in [1.82, 2.24) is 15.4 Å². The van der Waals surface area contributed by atoms with Gasteiger partial charge >= 0.3 is 0 Å². The van der Waals surface area contributed by atoms with Crippen molar-refractivity contribution in [2.45, 2.75) is 36.1 Å². The summed E-state index contributed by atoms with van der Waals surface area (Å²) in [4.78, 5) is 21.6. The zero-order valence-corrected chi connectivity index (χ0v) is 23.2. The van der Waals surface area contributed by atoms with E-state index in [2.05, 4.69) is 27.4 Å². The largest absolute Gasteiger partial charge is 0.497 e. The Morgan fingerprint density at radius 1 is 1.35 bits per heavy atom. The Morgan fingerprint density at radius 3 is 2.78 bits per heavy atom. The SMILES string of the molecule is COc1ccc2ncc(N(C)C)c(C(F)CCC3(C(=O)NO)CCN(CCSc4cccs4)CC3)c2c1. The second-order valence-electron chi connectivity index (χ2n) is 9.68. The maximum atomic E-state index is 16.1. The number of pyridine rings is 1. The minimum Gasteiger partial charge on any atom is -0.497 e. The predicted octanol–water partition coefficient (Wildman–Crippen LogP) is 5.54. The number of rotatable bonds is 11. The summed E-state index contributed by atoms with van der Waals surface area (Å²) in [5, 5.41) is 12.3. The average Bonchev–Trinajstić information content (AvgIpc) is 3.44. The van der Waals surface area contributed by atoms with E-state index >= 15 is 4.39 Å². The average molecular weight is 547 g/mol. The van der Waals surface area contributed by atoms with Crippen molar-refractivity contribution in [3.05, 3.63) is 47.5 Å². The van der Waals surface area contributed by atoms with Gasteiger partial charge in [0.05, 0.1) is 34.1 Å². The van der Waals surface area contributed by atoms with Crippen molar-refractivity contribution >= 4 is 45.6 Å². The number of carbonyl (C=O) groups excluding carboxylic acids is 1. The van der Waals surface area contributed by atoms with Gasteiger partial charge in [0, 0.05) is 37.3 Å². The quantitative estimate of drug-likeness (QED) is 0.186. The van der Waals surface area contributed by atoms with Crippen LogP contribution in [0.4, 0.5) is 10.1 Å². The molecular formula is C27H35FN4O3S2. The molecule has 10 heteroatoms. The number of hydrogen-bond donors (Lipinski definition) is 2. The lowest BCUT2D eigenvalue weighted by molar-refractivity contribution is -0.143. The molecule has 4 rings (SSSR count). The number of aromatic nitrogens is 1. The summed E-state index contributed by atoms with van der Waals surface area (Å²) in [7, 11) is 5.32. The number of alkyl halides is 1. The number of nitrogens with zero attached hydrogens (tertiary/aromatic N) is 3. The molecule has 2 N–H and O–H groups in total. The molecule has 37 heavy (non-hydrogen) atoms.